The van der Waals surface area contributed by atoms with E-state index in [0.717, 1.165) is 11.1 Å². The first-order chi connectivity index (χ1) is 12.2. The first-order valence-corrected chi connectivity index (χ1v) is 7.73. The molecule has 5 heteroatoms. The van der Waals surface area contributed by atoms with E-state index < -0.39 is 6.09 Å². The lowest BCUT2D eigenvalue weighted by molar-refractivity contribution is 0.215. The van der Waals surface area contributed by atoms with Crippen LogP contribution in [0.2, 0.25) is 0 Å². The summed E-state index contributed by atoms with van der Waals surface area (Å²) < 4.78 is 10.3. The number of nitrogens with one attached hydrogen (secondary N) is 1. The van der Waals surface area contributed by atoms with Gasteiger partial charge in [-0.2, -0.15) is 0 Å². The Morgan fingerprint density at radius 1 is 0.920 bits per heavy atom. The lowest BCUT2D eigenvalue weighted by Gasteiger charge is -2.10. The number of nitrogens with two attached hydrogens (primary N) is 1. The summed E-state index contributed by atoms with van der Waals surface area (Å²) in [6.07, 6.45) is -0.566. The van der Waals surface area contributed by atoms with Gasteiger partial charge in [0.15, 0.2) is 0 Å². The highest BCUT2D eigenvalue weighted by molar-refractivity contribution is 5.88. The number of hydrogen-bond acceptors (Lipinski definition) is 4. The largest absolute Gasteiger partial charge is 0.497 e. The topological polar surface area (TPSA) is 73.6 Å². The second-order valence-corrected chi connectivity index (χ2v) is 5.36. The number of methoxy groups -OCH3 is 1. The van der Waals surface area contributed by atoms with E-state index in [1.807, 2.05) is 42.5 Å². The van der Waals surface area contributed by atoms with Crippen LogP contribution in [0.25, 0.3) is 11.1 Å². The molecule has 0 saturated heterocycles. The van der Waals surface area contributed by atoms with Crippen molar-refractivity contribution in [2.75, 3.05) is 18.2 Å². The Labute approximate surface area is 146 Å². The maximum atomic E-state index is 12.1. The quantitative estimate of drug-likeness (QED) is 0.686. The van der Waals surface area contributed by atoms with E-state index in [-0.39, 0.29) is 0 Å². The summed E-state index contributed by atoms with van der Waals surface area (Å²) in [6.45, 7) is 0. The number of carbonyl (C=O) groups is 1. The summed E-state index contributed by atoms with van der Waals surface area (Å²) in [6, 6.07) is 21.8. The lowest BCUT2D eigenvalue weighted by atomic mass is 10.0. The van der Waals surface area contributed by atoms with Crippen LogP contribution < -0.4 is 20.5 Å². The van der Waals surface area contributed by atoms with Gasteiger partial charge >= 0.3 is 6.09 Å². The van der Waals surface area contributed by atoms with E-state index in [2.05, 4.69) is 5.32 Å². The third kappa shape index (κ3) is 4.09. The van der Waals surface area contributed by atoms with Gasteiger partial charge in [-0.1, -0.05) is 30.3 Å². The number of benzene rings is 3. The molecule has 1 amide bonds. The molecule has 0 aliphatic rings. The van der Waals surface area contributed by atoms with Crippen molar-refractivity contribution in [2.45, 2.75) is 0 Å². The number of anilines is 2. The van der Waals surface area contributed by atoms with Gasteiger partial charge in [0.05, 0.1) is 7.11 Å². The number of nitrogen functional groups attached to an aromatic ring is 1. The minimum atomic E-state index is -0.566. The predicted molar refractivity (Wildman–Crippen MR) is 98.9 cm³/mol. The number of hydrogen-bond donors (Lipinski definition) is 2. The van der Waals surface area contributed by atoms with E-state index in [1.165, 1.54) is 0 Å². The van der Waals surface area contributed by atoms with Gasteiger partial charge in [-0.25, -0.2) is 4.79 Å². The van der Waals surface area contributed by atoms with Crippen LogP contribution in [-0.4, -0.2) is 13.2 Å². The molecule has 25 heavy (non-hydrogen) atoms. The Morgan fingerprint density at radius 3 is 2.36 bits per heavy atom. The molecule has 0 aliphatic heterocycles. The van der Waals surface area contributed by atoms with Crippen molar-refractivity contribution in [3.05, 3.63) is 72.8 Å². The third-order valence-corrected chi connectivity index (χ3v) is 3.65. The van der Waals surface area contributed by atoms with Gasteiger partial charge in [-0.3, -0.25) is 5.32 Å². The molecule has 0 aromatic heterocycles. The van der Waals surface area contributed by atoms with Crippen LogP contribution in [-0.2, 0) is 0 Å². The van der Waals surface area contributed by atoms with Gasteiger partial charge in [-0.05, 0) is 48.0 Å². The molecule has 3 aromatic carbocycles. The number of rotatable bonds is 4. The molecule has 0 aliphatic carbocycles. The molecule has 126 valence electrons. The van der Waals surface area contributed by atoms with E-state index in [1.54, 1.807) is 37.4 Å². The Hall–Kier alpha value is -3.47. The summed E-state index contributed by atoms with van der Waals surface area (Å²) in [5, 5.41) is 2.72. The highest BCUT2D eigenvalue weighted by Crippen LogP contribution is 2.27. The first kappa shape index (κ1) is 16.4. The fraction of sp³-hybridized carbons (Fsp3) is 0.0500. The maximum absolute atomic E-state index is 12.1. The Morgan fingerprint density at radius 2 is 1.64 bits per heavy atom. The first-order valence-electron chi connectivity index (χ1n) is 7.73. The van der Waals surface area contributed by atoms with Gasteiger partial charge < -0.3 is 15.2 Å². The van der Waals surface area contributed by atoms with Crippen molar-refractivity contribution in [3.63, 3.8) is 0 Å². The Bertz CT molecular complexity index is 876. The van der Waals surface area contributed by atoms with Crippen LogP contribution in [0.1, 0.15) is 0 Å². The van der Waals surface area contributed by atoms with E-state index in [0.29, 0.717) is 22.9 Å². The van der Waals surface area contributed by atoms with Crippen LogP contribution in [0.3, 0.4) is 0 Å². The van der Waals surface area contributed by atoms with Gasteiger partial charge in [0, 0.05) is 16.9 Å². The van der Waals surface area contributed by atoms with Crippen LogP contribution in [0.5, 0.6) is 11.5 Å². The molecule has 3 N–H and O–H groups in total. The smallest absolute Gasteiger partial charge is 0.417 e. The molecule has 0 saturated carbocycles. The van der Waals surface area contributed by atoms with Crippen molar-refractivity contribution in [2.24, 2.45) is 0 Å². The highest BCUT2D eigenvalue weighted by Gasteiger charge is 2.07. The van der Waals surface area contributed by atoms with Crippen molar-refractivity contribution in [3.8, 4) is 22.6 Å². The average Bonchev–Trinajstić information content (AvgIpc) is 2.63. The summed E-state index contributed by atoms with van der Waals surface area (Å²) in [5.41, 5.74) is 9.14. The molecular formula is C20H18N2O3. The van der Waals surface area contributed by atoms with Crippen molar-refractivity contribution in [1.82, 2.24) is 0 Å². The monoisotopic (exact) mass is 334 g/mol. The average molecular weight is 334 g/mol. The van der Waals surface area contributed by atoms with Gasteiger partial charge in [0.2, 0.25) is 0 Å². The minimum Gasteiger partial charge on any atom is -0.497 e. The normalized spacial score (nSPS) is 10.1. The maximum Gasteiger partial charge on any atom is 0.417 e. The zero-order chi connectivity index (χ0) is 17.6. The Kier molecular flexibility index (Phi) is 4.85. The van der Waals surface area contributed by atoms with Gasteiger partial charge in [-0.15, -0.1) is 0 Å². The molecule has 0 unspecified atom stereocenters. The molecule has 0 bridgehead atoms. The number of amides is 1. The SMILES string of the molecule is COc1ccc(OC(=O)Nc2cccc(-c3ccccc3N)c2)cc1. The van der Waals surface area contributed by atoms with Gasteiger partial charge in [0.25, 0.3) is 0 Å². The lowest BCUT2D eigenvalue weighted by Crippen LogP contribution is -2.16. The van der Waals surface area contributed by atoms with Crippen LogP contribution >= 0.6 is 0 Å². The molecule has 0 fully saturated rings. The van der Waals surface area contributed by atoms with E-state index >= 15 is 0 Å². The van der Waals surface area contributed by atoms with Crippen molar-refractivity contribution >= 4 is 17.5 Å². The van der Waals surface area contributed by atoms with Crippen LogP contribution in [0.4, 0.5) is 16.2 Å². The van der Waals surface area contributed by atoms with E-state index in [4.69, 9.17) is 15.2 Å². The number of carbonyl (C=O) groups excluding carboxylic acids is 1. The molecule has 5 nitrogen and oxygen atoms in total. The zero-order valence-electron chi connectivity index (χ0n) is 13.7. The van der Waals surface area contributed by atoms with E-state index in [9.17, 15) is 4.79 Å². The molecule has 3 aromatic rings. The molecule has 0 spiro atoms. The fourth-order valence-corrected chi connectivity index (χ4v) is 2.42. The number of para-hydroxylation sites is 1. The Balaban J connectivity index is 1.71. The summed E-state index contributed by atoms with van der Waals surface area (Å²) in [5.74, 6) is 1.13. The molecule has 0 atom stereocenters. The van der Waals surface area contributed by atoms with Crippen molar-refractivity contribution in [1.29, 1.82) is 0 Å². The van der Waals surface area contributed by atoms with Crippen molar-refractivity contribution < 1.29 is 14.3 Å². The highest BCUT2D eigenvalue weighted by atomic mass is 16.6. The fourth-order valence-electron chi connectivity index (χ4n) is 2.42. The summed E-state index contributed by atoms with van der Waals surface area (Å²) >= 11 is 0. The predicted octanol–water partition coefficient (Wildman–Crippen LogP) is 4.56. The molecule has 3 rings (SSSR count). The second-order valence-electron chi connectivity index (χ2n) is 5.36. The minimum absolute atomic E-state index is 0.432. The molecular weight excluding hydrogens is 316 g/mol. The number of ether oxygens (including phenoxy) is 2. The molecule has 0 heterocycles. The van der Waals surface area contributed by atoms with Gasteiger partial charge in [0.1, 0.15) is 11.5 Å². The van der Waals surface area contributed by atoms with Crippen LogP contribution in [0.15, 0.2) is 72.8 Å². The zero-order valence-corrected chi connectivity index (χ0v) is 13.7. The third-order valence-electron chi connectivity index (χ3n) is 3.65. The summed E-state index contributed by atoms with van der Waals surface area (Å²) in [4.78, 5) is 12.1. The molecule has 0 radical (unpaired) electrons. The second kappa shape index (κ2) is 7.40. The standard InChI is InChI=1S/C20H18N2O3/c1-24-16-9-11-17(12-10-16)25-20(23)22-15-6-4-5-14(13-15)18-7-2-3-8-19(18)21/h2-13H,21H2,1H3,(H,22,23). The van der Waals surface area contributed by atoms with Crippen LogP contribution in [0, 0.1) is 0 Å². The summed E-state index contributed by atoms with van der Waals surface area (Å²) in [7, 11) is 1.58.